The Morgan fingerprint density at radius 3 is 1.67 bits per heavy atom. The first-order chi connectivity index (χ1) is 13.0. The molecular formula is C26H37O. The third-order valence-electron chi connectivity index (χ3n) is 6.13. The highest BCUT2D eigenvalue weighted by atomic mass is 16.3. The van der Waals surface area contributed by atoms with Crippen molar-refractivity contribution in [3.63, 3.8) is 0 Å². The molecule has 0 aromatic heterocycles. The van der Waals surface area contributed by atoms with Crippen LogP contribution in [-0.2, 0) is 10.8 Å². The quantitative estimate of drug-likeness (QED) is 0.408. The van der Waals surface area contributed by atoms with E-state index in [4.69, 9.17) is 0 Å². The molecule has 2 aromatic carbocycles. The van der Waals surface area contributed by atoms with Crippen molar-refractivity contribution in [3.05, 3.63) is 78.2 Å². The lowest BCUT2D eigenvalue weighted by molar-refractivity contribution is 0.240. The third-order valence-corrected chi connectivity index (χ3v) is 6.13. The van der Waals surface area contributed by atoms with Crippen molar-refractivity contribution in [2.24, 2.45) is 0 Å². The second-order valence-corrected chi connectivity index (χ2v) is 8.48. The van der Waals surface area contributed by atoms with E-state index in [0.717, 1.165) is 19.3 Å². The van der Waals surface area contributed by atoms with Gasteiger partial charge in [0.1, 0.15) is 0 Å². The molecule has 2 atom stereocenters. The van der Waals surface area contributed by atoms with Crippen LogP contribution in [0.25, 0.3) is 0 Å². The fraction of sp³-hybridized carbons (Fsp3) is 0.500. The Balaban J connectivity index is 2.09. The molecule has 0 amide bonds. The minimum absolute atomic E-state index is 0.00295. The van der Waals surface area contributed by atoms with Gasteiger partial charge < -0.3 is 5.11 Å². The molecule has 0 saturated heterocycles. The van der Waals surface area contributed by atoms with Crippen LogP contribution in [0.4, 0.5) is 0 Å². The lowest BCUT2D eigenvalue weighted by atomic mass is 9.70. The van der Waals surface area contributed by atoms with Gasteiger partial charge in [0.05, 0.1) is 0 Å². The van der Waals surface area contributed by atoms with Gasteiger partial charge in [-0.2, -0.15) is 0 Å². The fourth-order valence-electron chi connectivity index (χ4n) is 4.13. The second kappa shape index (κ2) is 10.7. The van der Waals surface area contributed by atoms with Crippen LogP contribution < -0.4 is 0 Å². The first-order valence-electron chi connectivity index (χ1n) is 10.6. The fourth-order valence-corrected chi connectivity index (χ4v) is 4.13. The van der Waals surface area contributed by atoms with Crippen molar-refractivity contribution in [2.45, 2.75) is 76.5 Å². The predicted molar refractivity (Wildman–Crippen MR) is 117 cm³/mol. The van der Waals surface area contributed by atoms with E-state index < -0.39 is 0 Å². The predicted octanol–water partition coefficient (Wildman–Crippen LogP) is 6.85. The van der Waals surface area contributed by atoms with Crippen LogP contribution in [-0.4, -0.2) is 11.7 Å². The maximum atomic E-state index is 9.63. The summed E-state index contributed by atoms with van der Waals surface area (Å²) in [5.74, 6) is 0. The lowest BCUT2D eigenvalue weighted by Gasteiger charge is -2.34. The van der Waals surface area contributed by atoms with E-state index in [-0.39, 0.29) is 17.4 Å². The summed E-state index contributed by atoms with van der Waals surface area (Å²) in [5.41, 5.74) is 2.95. The van der Waals surface area contributed by atoms with E-state index in [1.165, 1.54) is 36.8 Å². The Hall–Kier alpha value is -1.60. The third kappa shape index (κ3) is 6.21. The molecular weight excluding hydrogens is 328 g/mol. The molecule has 1 N–H and O–H groups in total. The minimum Gasteiger partial charge on any atom is -0.396 e. The van der Waals surface area contributed by atoms with Gasteiger partial charge >= 0.3 is 0 Å². The Morgan fingerprint density at radius 2 is 1.22 bits per heavy atom. The molecule has 0 aliphatic rings. The van der Waals surface area contributed by atoms with Crippen LogP contribution in [0.5, 0.6) is 0 Å². The number of rotatable bonds is 12. The van der Waals surface area contributed by atoms with E-state index in [1.54, 1.807) is 0 Å². The zero-order valence-corrected chi connectivity index (χ0v) is 17.5. The molecule has 1 radical (unpaired) electrons. The van der Waals surface area contributed by atoms with Crippen LogP contribution >= 0.6 is 0 Å². The van der Waals surface area contributed by atoms with E-state index >= 15 is 0 Å². The number of aliphatic hydroxyl groups is 1. The maximum Gasteiger partial charge on any atom is 0.0439 e. The van der Waals surface area contributed by atoms with Gasteiger partial charge in [0, 0.05) is 6.61 Å². The molecule has 0 spiro atoms. The molecule has 0 aliphatic heterocycles. The monoisotopic (exact) mass is 365 g/mol. The highest BCUT2D eigenvalue weighted by Crippen LogP contribution is 2.38. The summed E-state index contributed by atoms with van der Waals surface area (Å²) in [4.78, 5) is 0. The standard InChI is InChI=1S/C26H37O/c1-4-5-12-18-25(2,23-14-8-6-9-15-23)19-13-20-26(3,21-22-27)24-16-10-7-11-17-24/h6-11,13-17,27H,4-5,12,18-22H2,1-3H3. The molecule has 0 bridgehead atoms. The van der Waals surface area contributed by atoms with Gasteiger partial charge in [-0.25, -0.2) is 0 Å². The Morgan fingerprint density at radius 1 is 0.741 bits per heavy atom. The zero-order valence-electron chi connectivity index (χ0n) is 17.5. The second-order valence-electron chi connectivity index (χ2n) is 8.48. The average molecular weight is 366 g/mol. The Bertz CT molecular complexity index is 636. The van der Waals surface area contributed by atoms with Crippen LogP contribution in [0.2, 0.25) is 0 Å². The molecule has 0 heterocycles. The molecule has 1 nitrogen and oxygen atoms in total. The van der Waals surface area contributed by atoms with Crippen molar-refractivity contribution >= 4 is 0 Å². The van der Waals surface area contributed by atoms with Crippen molar-refractivity contribution < 1.29 is 5.11 Å². The number of unbranched alkanes of at least 4 members (excludes halogenated alkanes) is 2. The molecule has 1 heteroatoms. The van der Waals surface area contributed by atoms with Crippen LogP contribution in [0, 0.1) is 6.42 Å². The number of benzene rings is 2. The average Bonchev–Trinajstić information content (AvgIpc) is 2.70. The summed E-state index contributed by atoms with van der Waals surface area (Å²) < 4.78 is 0. The summed E-state index contributed by atoms with van der Waals surface area (Å²) in [5, 5.41) is 9.63. The Labute approximate surface area is 166 Å². The van der Waals surface area contributed by atoms with Crippen LogP contribution in [0.3, 0.4) is 0 Å². The normalized spacial score (nSPS) is 15.9. The topological polar surface area (TPSA) is 20.2 Å². The molecule has 2 aromatic rings. The largest absolute Gasteiger partial charge is 0.396 e. The summed E-state index contributed by atoms with van der Waals surface area (Å²) in [7, 11) is 0. The first kappa shape index (κ1) is 21.7. The SMILES string of the molecule is CCCCCC(C)(C[CH]CC(C)(CCO)c1ccccc1)c1ccccc1. The van der Waals surface area contributed by atoms with Crippen molar-refractivity contribution in [3.8, 4) is 0 Å². The van der Waals surface area contributed by atoms with Gasteiger partial charge in [0.25, 0.3) is 0 Å². The molecule has 27 heavy (non-hydrogen) atoms. The van der Waals surface area contributed by atoms with Gasteiger partial charge in [-0.15, -0.1) is 0 Å². The smallest absolute Gasteiger partial charge is 0.0439 e. The Kier molecular flexibility index (Phi) is 8.57. The molecule has 0 aliphatic carbocycles. The van der Waals surface area contributed by atoms with Crippen molar-refractivity contribution in [1.29, 1.82) is 0 Å². The van der Waals surface area contributed by atoms with E-state index in [1.807, 2.05) is 0 Å². The van der Waals surface area contributed by atoms with Gasteiger partial charge in [0.2, 0.25) is 0 Å². The van der Waals surface area contributed by atoms with Crippen molar-refractivity contribution in [1.82, 2.24) is 0 Å². The van der Waals surface area contributed by atoms with E-state index in [0.29, 0.717) is 0 Å². The summed E-state index contributed by atoms with van der Waals surface area (Å²) in [6.07, 6.45) is 10.4. The first-order valence-corrected chi connectivity index (χ1v) is 10.6. The highest BCUT2D eigenvalue weighted by Gasteiger charge is 2.30. The molecule has 2 rings (SSSR count). The highest BCUT2D eigenvalue weighted by molar-refractivity contribution is 5.27. The summed E-state index contributed by atoms with van der Waals surface area (Å²) in [6, 6.07) is 21.6. The van der Waals surface area contributed by atoms with Gasteiger partial charge in [0.15, 0.2) is 0 Å². The van der Waals surface area contributed by atoms with Crippen LogP contribution in [0.1, 0.15) is 76.8 Å². The van der Waals surface area contributed by atoms with Gasteiger partial charge in [-0.1, -0.05) is 101 Å². The summed E-state index contributed by atoms with van der Waals surface area (Å²) >= 11 is 0. The molecule has 147 valence electrons. The number of hydrogen-bond donors (Lipinski definition) is 1. The van der Waals surface area contributed by atoms with Crippen LogP contribution in [0.15, 0.2) is 60.7 Å². The number of hydrogen-bond acceptors (Lipinski definition) is 1. The lowest BCUT2D eigenvalue weighted by Crippen LogP contribution is -2.27. The van der Waals surface area contributed by atoms with Gasteiger partial charge in [-0.05, 0) is 54.1 Å². The summed E-state index contributed by atoms with van der Waals surface area (Å²) in [6.45, 7) is 7.20. The van der Waals surface area contributed by atoms with E-state index in [9.17, 15) is 5.11 Å². The maximum absolute atomic E-state index is 9.63. The zero-order chi connectivity index (χ0) is 19.6. The minimum atomic E-state index is -0.00295. The molecule has 2 unspecified atom stereocenters. The number of aliphatic hydroxyl groups excluding tert-OH is 1. The van der Waals surface area contributed by atoms with E-state index in [2.05, 4.69) is 87.9 Å². The molecule has 0 saturated carbocycles. The van der Waals surface area contributed by atoms with Gasteiger partial charge in [-0.3, -0.25) is 0 Å². The molecule has 0 fully saturated rings. The van der Waals surface area contributed by atoms with Crippen molar-refractivity contribution in [2.75, 3.05) is 6.61 Å².